The molecule has 2 nitrogen and oxygen atoms in total. The largest absolute Gasteiger partial charge is 0.416 e. The van der Waals surface area contributed by atoms with Gasteiger partial charge in [0.2, 0.25) is 0 Å². The van der Waals surface area contributed by atoms with Crippen LogP contribution in [0.5, 0.6) is 0 Å². The van der Waals surface area contributed by atoms with Crippen molar-refractivity contribution in [1.29, 1.82) is 0 Å². The van der Waals surface area contributed by atoms with E-state index in [9.17, 15) is 18.3 Å². The summed E-state index contributed by atoms with van der Waals surface area (Å²) in [5, 5.41) is 10.6. The third kappa shape index (κ3) is 3.78. The normalized spacial score (nSPS) is 19.2. The summed E-state index contributed by atoms with van der Waals surface area (Å²) in [6.07, 6.45) is 2.30. The van der Waals surface area contributed by atoms with E-state index in [1.165, 1.54) is 6.07 Å². The van der Waals surface area contributed by atoms with Crippen LogP contribution in [0.25, 0.3) is 0 Å². The van der Waals surface area contributed by atoms with Crippen molar-refractivity contribution in [2.45, 2.75) is 31.0 Å². The van der Waals surface area contributed by atoms with Crippen LogP contribution in [-0.2, 0) is 11.8 Å². The van der Waals surface area contributed by atoms with Gasteiger partial charge < -0.3 is 10.0 Å². The fourth-order valence-electron chi connectivity index (χ4n) is 2.64. The first-order valence-electron chi connectivity index (χ1n) is 6.91. The van der Waals surface area contributed by atoms with Gasteiger partial charge in [0.05, 0.1) is 11.2 Å². The van der Waals surface area contributed by atoms with E-state index in [1.54, 1.807) is 6.07 Å². The number of piperidine rings is 1. The number of likely N-dealkylation sites (tertiary alicyclic amines) is 1. The molecule has 1 aliphatic heterocycles. The molecule has 5 heteroatoms. The standard InChI is InChI=1S/C16H18F3NO/c1-2-3-9-20-10-7-15(21,8-11-20)13-5-4-6-14(12-13)16(17,18)19/h1,4-6,12,21H,3,7-11H2. The average molecular weight is 297 g/mol. The fraction of sp³-hybridized carbons (Fsp3) is 0.500. The van der Waals surface area contributed by atoms with Gasteiger partial charge in [-0.1, -0.05) is 12.1 Å². The molecule has 1 N–H and O–H groups in total. The van der Waals surface area contributed by atoms with Gasteiger partial charge in [0.15, 0.2) is 0 Å². The Morgan fingerprint density at radius 3 is 2.52 bits per heavy atom. The van der Waals surface area contributed by atoms with Gasteiger partial charge in [0, 0.05) is 26.1 Å². The summed E-state index contributed by atoms with van der Waals surface area (Å²) >= 11 is 0. The van der Waals surface area contributed by atoms with Crippen LogP contribution >= 0.6 is 0 Å². The van der Waals surface area contributed by atoms with Gasteiger partial charge in [0.1, 0.15) is 0 Å². The number of hydrogen-bond donors (Lipinski definition) is 1. The summed E-state index contributed by atoms with van der Waals surface area (Å²) in [5.41, 5.74) is -1.56. The van der Waals surface area contributed by atoms with Crippen LogP contribution in [0.2, 0.25) is 0 Å². The Labute approximate surface area is 122 Å². The summed E-state index contributed by atoms with van der Waals surface area (Å²) in [5.74, 6) is 2.56. The van der Waals surface area contributed by atoms with E-state index < -0.39 is 17.3 Å². The van der Waals surface area contributed by atoms with Gasteiger partial charge in [-0.15, -0.1) is 12.3 Å². The first-order chi connectivity index (χ1) is 9.85. The molecule has 0 radical (unpaired) electrons. The van der Waals surface area contributed by atoms with Crippen molar-refractivity contribution in [3.63, 3.8) is 0 Å². The zero-order valence-corrected chi connectivity index (χ0v) is 11.7. The molecule has 1 aliphatic rings. The number of terminal acetylenes is 1. The van der Waals surface area contributed by atoms with Crippen LogP contribution in [0.1, 0.15) is 30.4 Å². The van der Waals surface area contributed by atoms with E-state index in [4.69, 9.17) is 6.42 Å². The van der Waals surface area contributed by atoms with Crippen molar-refractivity contribution in [2.75, 3.05) is 19.6 Å². The van der Waals surface area contributed by atoms with Crippen LogP contribution in [0, 0.1) is 12.3 Å². The molecular formula is C16H18F3NO. The lowest BCUT2D eigenvalue weighted by Gasteiger charge is -2.38. The smallest absolute Gasteiger partial charge is 0.385 e. The Morgan fingerprint density at radius 1 is 1.29 bits per heavy atom. The van der Waals surface area contributed by atoms with Gasteiger partial charge in [-0.25, -0.2) is 0 Å². The molecule has 1 saturated heterocycles. The Morgan fingerprint density at radius 2 is 1.95 bits per heavy atom. The van der Waals surface area contributed by atoms with Crippen molar-refractivity contribution < 1.29 is 18.3 Å². The molecule has 1 heterocycles. The highest BCUT2D eigenvalue weighted by Gasteiger charge is 2.36. The number of rotatable bonds is 3. The van der Waals surface area contributed by atoms with Gasteiger partial charge in [0.25, 0.3) is 0 Å². The molecule has 1 aromatic carbocycles. The summed E-state index contributed by atoms with van der Waals surface area (Å²) in [4.78, 5) is 2.13. The molecule has 0 aromatic heterocycles. The fourth-order valence-corrected chi connectivity index (χ4v) is 2.64. The second kappa shape index (κ2) is 6.08. The Hall–Kier alpha value is -1.51. The zero-order chi connectivity index (χ0) is 15.5. The lowest BCUT2D eigenvalue weighted by atomic mass is 9.83. The quantitative estimate of drug-likeness (QED) is 0.867. The number of aliphatic hydroxyl groups is 1. The third-order valence-electron chi connectivity index (χ3n) is 3.98. The topological polar surface area (TPSA) is 23.5 Å². The highest BCUT2D eigenvalue weighted by Crippen LogP contribution is 2.36. The SMILES string of the molecule is C#CCCN1CCC(O)(c2cccc(C(F)(F)F)c2)CC1. The maximum absolute atomic E-state index is 12.8. The van der Waals surface area contributed by atoms with Crippen LogP contribution in [0.3, 0.4) is 0 Å². The minimum absolute atomic E-state index is 0.342. The van der Waals surface area contributed by atoms with Crippen molar-refractivity contribution in [2.24, 2.45) is 0 Å². The maximum atomic E-state index is 12.8. The van der Waals surface area contributed by atoms with Crippen LogP contribution in [0.15, 0.2) is 24.3 Å². The van der Waals surface area contributed by atoms with Gasteiger partial charge in [-0.05, 0) is 30.5 Å². The summed E-state index contributed by atoms with van der Waals surface area (Å²) in [6.45, 7) is 2.03. The van der Waals surface area contributed by atoms with E-state index in [0.29, 0.717) is 37.9 Å². The lowest BCUT2D eigenvalue weighted by Crippen LogP contribution is -2.42. The van der Waals surface area contributed by atoms with Crippen molar-refractivity contribution >= 4 is 0 Å². The molecule has 0 amide bonds. The number of alkyl halides is 3. The van der Waals surface area contributed by atoms with E-state index >= 15 is 0 Å². The third-order valence-corrected chi connectivity index (χ3v) is 3.98. The van der Waals surface area contributed by atoms with Gasteiger partial charge in [-0.3, -0.25) is 0 Å². The number of halogens is 3. The van der Waals surface area contributed by atoms with E-state index in [-0.39, 0.29) is 0 Å². The molecule has 114 valence electrons. The zero-order valence-electron chi connectivity index (χ0n) is 11.7. The summed E-state index contributed by atoms with van der Waals surface area (Å²) < 4.78 is 38.3. The van der Waals surface area contributed by atoms with Gasteiger partial charge in [-0.2, -0.15) is 13.2 Å². The monoisotopic (exact) mass is 297 g/mol. The van der Waals surface area contributed by atoms with Gasteiger partial charge >= 0.3 is 6.18 Å². The van der Waals surface area contributed by atoms with Crippen molar-refractivity contribution in [3.05, 3.63) is 35.4 Å². The molecular weight excluding hydrogens is 279 g/mol. The van der Waals surface area contributed by atoms with Crippen LogP contribution < -0.4 is 0 Å². The molecule has 0 aliphatic carbocycles. The predicted octanol–water partition coefficient (Wildman–Crippen LogP) is 3.01. The molecule has 1 fully saturated rings. The van der Waals surface area contributed by atoms with Crippen LogP contribution in [0.4, 0.5) is 13.2 Å². The molecule has 0 bridgehead atoms. The predicted molar refractivity (Wildman–Crippen MR) is 74.5 cm³/mol. The highest BCUT2D eigenvalue weighted by atomic mass is 19.4. The molecule has 21 heavy (non-hydrogen) atoms. The maximum Gasteiger partial charge on any atom is 0.416 e. The average Bonchev–Trinajstić information content (AvgIpc) is 2.46. The molecule has 0 spiro atoms. The second-order valence-electron chi connectivity index (χ2n) is 5.41. The lowest BCUT2D eigenvalue weighted by molar-refractivity contribution is -0.137. The summed E-state index contributed by atoms with van der Waals surface area (Å²) in [6, 6.07) is 4.99. The van der Waals surface area contributed by atoms with E-state index in [1.807, 2.05) is 0 Å². The van der Waals surface area contributed by atoms with E-state index in [0.717, 1.165) is 18.7 Å². The molecule has 2 rings (SSSR count). The molecule has 1 aromatic rings. The molecule has 0 atom stereocenters. The minimum atomic E-state index is -4.39. The number of benzene rings is 1. The Balaban J connectivity index is 2.10. The Bertz CT molecular complexity index is 525. The molecule has 0 unspecified atom stereocenters. The first kappa shape index (κ1) is 15.9. The van der Waals surface area contributed by atoms with E-state index in [2.05, 4.69) is 10.8 Å². The highest BCUT2D eigenvalue weighted by molar-refractivity contribution is 5.30. The minimum Gasteiger partial charge on any atom is -0.385 e. The number of nitrogens with zero attached hydrogens (tertiary/aromatic N) is 1. The molecule has 0 saturated carbocycles. The first-order valence-corrected chi connectivity index (χ1v) is 6.91. The van der Waals surface area contributed by atoms with Crippen molar-refractivity contribution in [3.8, 4) is 12.3 Å². The Kier molecular flexibility index (Phi) is 4.60. The number of hydrogen-bond acceptors (Lipinski definition) is 2. The van der Waals surface area contributed by atoms with Crippen molar-refractivity contribution in [1.82, 2.24) is 4.90 Å². The summed E-state index contributed by atoms with van der Waals surface area (Å²) in [7, 11) is 0. The second-order valence-corrected chi connectivity index (χ2v) is 5.41. The van der Waals surface area contributed by atoms with Crippen LogP contribution in [-0.4, -0.2) is 29.6 Å².